The van der Waals surface area contributed by atoms with E-state index < -0.39 is 17.4 Å². The Morgan fingerprint density at radius 1 is 1.11 bits per heavy atom. The predicted molar refractivity (Wildman–Crippen MR) is 99.8 cm³/mol. The van der Waals surface area contributed by atoms with Crippen LogP contribution >= 0.6 is 0 Å². The van der Waals surface area contributed by atoms with Crippen molar-refractivity contribution in [3.05, 3.63) is 81.4 Å². The molecular weight excluding hydrogens is 361 g/mol. The summed E-state index contributed by atoms with van der Waals surface area (Å²) in [6.45, 7) is 1.98. The lowest BCUT2D eigenvalue weighted by Crippen LogP contribution is -2.29. The Morgan fingerprint density at radius 2 is 1.89 bits per heavy atom. The van der Waals surface area contributed by atoms with Crippen LogP contribution in [0.3, 0.4) is 0 Å². The summed E-state index contributed by atoms with van der Waals surface area (Å²) in [7, 11) is 0. The molecule has 0 fully saturated rings. The van der Waals surface area contributed by atoms with Gasteiger partial charge >= 0.3 is 0 Å². The van der Waals surface area contributed by atoms with E-state index in [4.69, 9.17) is 0 Å². The van der Waals surface area contributed by atoms with E-state index in [1.165, 1.54) is 10.7 Å². The van der Waals surface area contributed by atoms with Crippen LogP contribution in [-0.2, 0) is 0 Å². The molecule has 1 aliphatic heterocycles. The van der Waals surface area contributed by atoms with Crippen molar-refractivity contribution in [1.82, 2.24) is 30.4 Å². The highest BCUT2D eigenvalue weighted by molar-refractivity contribution is 5.75. The Bertz CT molecular complexity index is 1250. The number of fused-ring (bicyclic) bond motifs is 2. The number of halogens is 1. The van der Waals surface area contributed by atoms with E-state index in [1.54, 1.807) is 18.2 Å². The van der Waals surface area contributed by atoms with E-state index in [1.807, 2.05) is 31.2 Å². The number of hydrogen-bond donors (Lipinski definition) is 2. The first-order chi connectivity index (χ1) is 13.6. The van der Waals surface area contributed by atoms with Crippen molar-refractivity contribution in [2.75, 3.05) is 5.32 Å². The van der Waals surface area contributed by atoms with E-state index in [9.17, 15) is 9.18 Å². The number of hydrogen-bond acceptors (Lipinski definition) is 6. The third-order valence-corrected chi connectivity index (χ3v) is 4.79. The van der Waals surface area contributed by atoms with E-state index in [2.05, 4.69) is 31.0 Å². The molecule has 2 aromatic carbocycles. The highest BCUT2D eigenvalue weighted by Gasteiger charge is 2.35. The fraction of sp³-hybridized carbons (Fsp3) is 0.105. The number of nitrogens with zero attached hydrogens (tertiary/aromatic N) is 5. The van der Waals surface area contributed by atoms with Crippen molar-refractivity contribution in [3.63, 3.8) is 0 Å². The minimum Gasteiger partial charge on any atom is -0.318 e. The second kappa shape index (κ2) is 6.08. The van der Waals surface area contributed by atoms with E-state index in [0.29, 0.717) is 16.8 Å². The maximum atomic E-state index is 14.7. The molecular formula is C19H14FN7O. The Labute approximate surface area is 158 Å². The molecule has 5 rings (SSSR count). The average molecular weight is 375 g/mol. The van der Waals surface area contributed by atoms with Crippen LogP contribution in [0.4, 0.5) is 16.0 Å². The summed E-state index contributed by atoms with van der Waals surface area (Å²) >= 11 is 0. The summed E-state index contributed by atoms with van der Waals surface area (Å²) < 4.78 is 16.2. The molecule has 4 aromatic rings. The summed E-state index contributed by atoms with van der Waals surface area (Å²) in [6, 6.07) is 13.3. The zero-order valence-electron chi connectivity index (χ0n) is 14.7. The molecule has 1 atom stereocenters. The molecule has 0 bridgehead atoms. The largest absolute Gasteiger partial charge is 0.318 e. The Hall–Kier alpha value is -3.88. The van der Waals surface area contributed by atoms with Crippen LogP contribution in [0.2, 0.25) is 0 Å². The Morgan fingerprint density at radius 3 is 2.68 bits per heavy atom. The van der Waals surface area contributed by atoms with Gasteiger partial charge < -0.3 is 5.32 Å². The lowest BCUT2D eigenvalue weighted by molar-refractivity contribution is 0.527. The highest BCUT2D eigenvalue weighted by atomic mass is 19.1. The van der Waals surface area contributed by atoms with Crippen molar-refractivity contribution in [3.8, 4) is 11.3 Å². The van der Waals surface area contributed by atoms with Gasteiger partial charge in [0.2, 0.25) is 5.95 Å². The van der Waals surface area contributed by atoms with Gasteiger partial charge in [0.05, 0.1) is 5.69 Å². The summed E-state index contributed by atoms with van der Waals surface area (Å²) in [6.07, 6.45) is 0. The lowest BCUT2D eigenvalue weighted by Gasteiger charge is -2.28. The monoisotopic (exact) mass is 375 g/mol. The van der Waals surface area contributed by atoms with Gasteiger partial charge in [-0.25, -0.2) is 9.49 Å². The molecule has 8 nitrogen and oxygen atoms in total. The summed E-state index contributed by atoms with van der Waals surface area (Å²) in [5, 5.41) is 21.3. The van der Waals surface area contributed by atoms with Gasteiger partial charge in [0, 0.05) is 16.7 Å². The third kappa shape index (κ3) is 2.40. The van der Waals surface area contributed by atoms with Crippen LogP contribution in [0.25, 0.3) is 11.3 Å². The first-order valence-corrected chi connectivity index (χ1v) is 8.62. The van der Waals surface area contributed by atoms with E-state index >= 15 is 0 Å². The van der Waals surface area contributed by atoms with E-state index in [0.717, 1.165) is 11.1 Å². The van der Waals surface area contributed by atoms with Crippen molar-refractivity contribution in [1.29, 1.82) is 0 Å². The topological polar surface area (TPSA) is 101 Å². The molecule has 2 aromatic heterocycles. The molecule has 1 aliphatic rings. The number of H-pyrrole nitrogens is 1. The molecule has 2 N–H and O–H groups in total. The Kier molecular flexibility index (Phi) is 3.54. The van der Waals surface area contributed by atoms with Gasteiger partial charge in [-0.05, 0) is 23.4 Å². The minimum absolute atomic E-state index is 0.251. The standard InChI is InChI=1S/C19H14FN7O/c1-10-6-8-11(9-7-10)15-14-16(18(28)23-22-15)21-19-24-25-26-27(19)17(14)12-4-2-3-5-13(12)20/h2-9,17H,1H3,(H,23,28)(H,21,24,26)/t17-/m0/s1. The normalized spacial score (nSPS) is 14.9. The molecule has 0 spiro atoms. The quantitative estimate of drug-likeness (QED) is 0.492. The van der Waals surface area contributed by atoms with Crippen molar-refractivity contribution >= 4 is 11.6 Å². The minimum atomic E-state index is -0.742. The van der Waals surface area contributed by atoms with Crippen LogP contribution in [0.5, 0.6) is 0 Å². The molecule has 0 radical (unpaired) electrons. The number of aromatic amines is 1. The zero-order valence-corrected chi connectivity index (χ0v) is 14.7. The molecule has 0 saturated carbocycles. The smallest absolute Gasteiger partial charge is 0.288 e. The second-order valence-corrected chi connectivity index (χ2v) is 6.55. The van der Waals surface area contributed by atoms with Gasteiger partial charge in [-0.3, -0.25) is 4.79 Å². The van der Waals surface area contributed by atoms with Crippen LogP contribution < -0.4 is 10.9 Å². The zero-order chi connectivity index (χ0) is 19.3. The SMILES string of the molecule is Cc1ccc(-c2n[nH]c(=O)c3c2[C@H](c2ccccc2F)n2nnnc2N3)cc1. The first kappa shape index (κ1) is 16.3. The van der Waals surface area contributed by atoms with Gasteiger partial charge in [-0.15, -0.1) is 0 Å². The lowest BCUT2D eigenvalue weighted by atomic mass is 9.92. The van der Waals surface area contributed by atoms with Gasteiger partial charge in [-0.2, -0.15) is 9.78 Å². The molecule has 9 heteroatoms. The molecule has 138 valence electrons. The molecule has 0 aliphatic carbocycles. The summed E-state index contributed by atoms with van der Waals surface area (Å²) in [5.74, 6) is -0.163. The van der Waals surface area contributed by atoms with Gasteiger partial charge in [0.1, 0.15) is 17.5 Å². The number of aryl methyl sites for hydroxylation is 1. The number of benzene rings is 2. The summed E-state index contributed by atoms with van der Waals surface area (Å²) in [5.41, 5.74) is 3.09. The van der Waals surface area contributed by atoms with Gasteiger partial charge in [-0.1, -0.05) is 53.1 Å². The van der Waals surface area contributed by atoms with Crippen molar-refractivity contribution in [2.24, 2.45) is 0 Å². The number of tetrazole rings is 1. The molecule has 28 heavy (non-hydrogen) atoms. The second-order valence-electron chi connectivity index (χ2n) is 6.55. The van der Waals surface area contributed by atoms with Crippen LogP contribution in [0.1, 0.15) is 22.7 Å². The Balaban J connectivity index is 1.84. The first-order valence-electron chi connectivity index (χ1n) is 8.62. The van der Waals surface area contributed by atoms with E-state index in [-0.39, 0.29) is 11.6 Å². The fourth-order valence-corrected chi connectivity index (χ4v) is 3.45. The number of anilines is 2. The average Bonchev–Trinajstić information content (AvgIpc) is 3.17. The summed E-state index contributed by atoms with van der Waals surface area (Å²) in [4.78, 5) is 12.5. The third-order valence-electron chi connectivity index (χ3n) is 4.79. The van der Waals surface area contributed by atoms with Gasteiger partial charge in [0.15, 0.2) is 0 Å². The molecule has 3 heterocycles. The molecule has 0 amide bonds. The van der Waals surface area contributed by atoms with Crippen molar-refractivity contribution < 1.29 is 4.39 Å². The number of aromatic nitrogens is 6. The number of nitrogens with one attached hydrogen (secondary N) is 2. The number of rotatable bonds is 2. The van der Waals surface area contributed by atoms with Crippen LogP contribution in [0.15, 0.2) is 53.3 Å². The van der Waals surface area contributed by atoms with Crippen LogP contribution in [-0.4, -0.2) is 30.4 Å². The molecule has 0 saturated heterocycles. The highest BCUT2D eigenvalue weighted by Crippen LogP contribution is 2.41. The van der Waals surface area contributed by atoms with Crippen molar-refractivity contribution in [2.45, 2.75) is 13.0 Å². The maximum Gasteiger partial charge on any atom is 0.288 e. The van der Waals surface area contributed by atoms with Crippen LogP contribution in [0, 0.1) is 12.7 Å². The maximum absolute atomic E-state index is 14.7. The molecule has 0 unspecified atom stereocenters. The fourth-order valence-electron chi connectivity index (χ4n) is 3.45. The predicted octanol–water partition coefficient (Wildman–Crippen LogP) is 2.57. The van der Waals surface area contributed by atoms with Gasteiger partial charge in [0.25, 0.3) is 5.56 Å².